The molecule has 0 saturated carbocycles. The van der Waals surface area contributed by atoms with Crippen molar-refractivity contribution in [1.29, 1.82) is 0 Å². The minimum atomic E-state index is 0. The molecule has 0 aliphatic carbocycles. The lowest BCUT2D eigenvalue weighted by molar-refractivity contribution is -0.131. The number of hydrogen-bond acceptors (Lipinski definition) is 3. The van der Waals surface area contributed by atoms with E-state index in [0.717, 1.165) is 29.7 Å². The van der Waals surface area contributed by atoms with Crippen molar-refractivity contribution in [3.05, 3.63) is 28.2 Å². The first-order valence-corrected chi connectivity index (χ1v) is 8.10. The Kier molecular flexibility index (Phi) is 7.16. The molecule has 1 aliphatic heterocycles. The minimum absolute atomic E-state index is 0. The average molecular weight is 392 g/mol. The lowest BCUT2D eigenvalue weighted by Crippen LogP contribution is -2.35. The Balaban J connectivity index is 0.00000242. The summed E-state index contributed by atoms with van der Waals surface area (Å²) in [6.45, 7) is 6.76. The van der Waals surface area contributed by atoms with Crippen LogP contribution in [0.5, 0.6) is 5.75 Å². The molecule has 0 bridgehead atoms. The summed E-state index contributed by atoms with van der Waals surface area (Å²) in [5.41, 5.74) is 7.02. The van der Waals surface area contributed by atoms with Gasteiger partial charge >= 0.3 is 0 Å². The number of halogens is 2. The van der Waals surface area contributed by atoms with Gasteiger partial charge in [-0.25, -0.2) is 0 Å². The molecule has 1 amide bonds. The third-order valence-electron chi connectivity index (χ3n) is 4.06. The molecule has 4 nitrogen and oxygen atoms in total. The number of ether oxygens (including phenoxy) is 1. The smallest absolute Gasteiger partial charge is 0.226 e. The molecule has 6 heteroatoms. The van der Waals surface area contributed by atoms with Crippen molar-refractivity contribution in [2.75, 3.05) is 26.2 Å². The number of carbonyl (C=O) groups is 1. The second-order valence-electron chi connectivity index (χ2n) is 6.11. The first-order valence-electron chi connectivity index (χ1n) is 7.30. The molecular formula is C16H24BrClN2O2. The second-order valence-corrected chi connectivity index (χ2v) is 6.97. The van der Waals surface area contributed by atoms with Crippen LogP contribution >= 0.6 is 28.3 Å². The summed E-state index contributed by atoms with van der Waals surface area (Å²) in [4.78, 5) is 14.1. The van der Waals surface area contributed by atoms with E-state index in [1.54, 1.807) is 0 Å². The largest absolute Gasteiger partial charge is 0.492 e. The van der Waals surface area contributed by atoms with Crippen LogP contribution in [0.25, 0.3) is 0 Å². The van der Waals surface area contributed by atoms with E-state index in [1.165, 1.54) is 5.56 Å². The van der Waals surface area contributed by atoms with Gasteiger partial charge in [0.15, 0.2) is 0 Å². The summed E-state index contributed by atoms with van der Waals surface area (Å²) in [7, 11) is 0. The van der Waals surface area contributed by atoms with Gasteiger partial charge in [0, 0.05) is 13.1 Å². The number of nitrogens with two attached hydrogens (primary N) is 1. The zero-order valence-electron chi connectivity index (χ0n) is 13.1. The van der Waals surface area contributed by atoms with Crippen LogP contribution in [0.4, 0.5) is 0 Å². The summed E-state index contributed by atoms with van der Waals surface area (Å²) in [5.74, 6) is 0.928. The number of carbonyl (C=O) groups excluding carboxylic acids is 1. The zero-order chi connectivity index (χ0) is 15.5. The summed E-state index contributed by atoms with van der Waals surface area (Å²) >= 11 is 3.47. The predicted molar refractivity (Wildman–Crippen MR) is 94.6 cm³/mol. The van der Waals surface area contributed by atoms with Crippen LogP contribution in [0.3, 0.4) is 0 Å². The van der Waals surface area contributed by atoms with Gasteiger partial charge < -0.3 is 15.4 Å². The topological polar surface area (TPSA) is 55.6 Å². The molecule has 1 saturated heterocycles. The molecule has 2 N–H and O–H groups in total. The van der Waals surface area contributed by atoms with Crippen molar-refractivity contribution in [2.24, 2.45) is 11.1 Å². The van der Waals surface area contributed by atoms with Crippen molar-refractivity contribution in [3.63, 3.8) is 0 Å². The maximum absolute atomic E-state index is 12.2. The first-order chi connectivity index (χ1) is 9.93. The lowest BCUT2D eigenvalue weighted by atomic mass is 9.90. The Hall–Kier alpha value is -0.780. The fraction of sp³-hybridized carbons (Fsp3) is 0.562. The number of rotatable bonds is 5. The molecule has 1 aromatic rings. The molecule has 1 aromatic carbocycles. The SMILES string of the molecule is Cc1ccc(OCCC(=O)N2CCC(C)(CN)C2)c(Br)c1.Cl. The van der Waals surface area contributed by atoms with Crippen LogP contribution in [0.1, 0.15) is 25.3 Å². The average Bonchev–Trinajstić information content (AvgIpc) is 2.85. The van der Waals surface area contributed by atoms with Gasteiger partial charge in [-0.2, -0.15) is 0 Å². The van der Waals surface area contributed by atoms with Gasteiger partial charge in [-0.15, -0.1) is 12.4 Å². The molecule has 0 radical (unpaired) electrons. The fourth-order valence-corrected chi connectivity index (χ4v) is 3.14. The third kappa shape index (κ3) is 4.86. The van der Waals surface area contributed by atoms with E-state index in [-0.39, 0.29) is 23.7 Å². The van der Waals surface area contributed by atoms with Gasteiger partial charge in [-0.1, -0.05) is 13.0 Å². The van der Waals surface area contributed by atoms with Crippen molar-refractivity contribution in [3.8, 4) is 5.75 Å². The van der Waals surface area contributed by atoms with Crippen LogP contribution in [0.15, 0.2) is 22.7 Å². The lowest BCUT2D eigenvalue weighted by Gasteiger charge is -2.22. The van der Waals surface area contributed by atoms with E-state index >= 15 is 0 Å². The van der Waals surface area contributed by atoms with E-state index in [9.17, 15) is 4.79 Å². The first kappa shape index (κ1) is 19.3. The molecule has 1 aliphatic rings. The number of hydrogen-bond donors (Lipinski definition) is 1. The molecule has 1 heterocycles. The molecule has 1 unspecified atom stereocenters. The van der Waals surface area contributed by atoms with Crippen molar-refractivity contribution in [2.45, 2.75) is 26.7 Å². The molecular weight excluding hydrogens is 368 g/mol. The van der Waals surface area contributed by atoms with E-state index in [2.05, 4.69) is 22.9 Å². The minimum Gasteiger partial charge on any atom is -0.492 e. The molecule has 1 atom stereocenters. The van der Waals surface area contributed by atoms with Crippen LogP contribution in [-0.2, 0) is 4.79 Å². The maximum Gasteiger partial charge on any atom is 0.226 e. The Morgan fingerprint density at radius 1 is 1.50 bits per heavy atom. The molecule has 124 valence electrons. The van der Waals surface area contributed by atoms with Gasteiger partial charge in [0.2, 0.25) is 5.91 Å². The highest BCUT2D eigenvalue weighted by Crippen LogP contribution is 2.29. The van der Waals surface area contributed by atoms with E-state index in [0.29, 0.717) is 19.6 Å². The standard InChI is InChI=1S/C16H23BrN2O2.ClH/c1-12-3-4-14(13(17)9-12)21-8-5-15(20)19-7-6-16(2,10-18)11-19;/h3-4,9H,5-8,10-11,18H2,1-2H3;1H. The predicted octanol–water partition coefficient (Wildman–Crippen LogP) is 3.15. The van der Waals surface area contributed by atoms with Gasteiger partial charge in [0.05, 0.1) is 17.5 Å². The zero-order valence-corrected chi connectivity index (χ0v) is 15.5. The van der Waals surface area contributed by atoms with Gasteiger partial charge in [-0.05, 0) is 58.9 Å². The van der Waals surface area contributed by atoms with E-state index < -0.39 is 0 Å². The van der Waals surface area contributed by atoms with Crippen molar-refractivity contribution < 1.29 is 9.53 Å². The Morgan fingerprint density at radius 3 is 2.82 bits per heavy atom. The van der Waals surface area contributed by atoms with E-state index in [1.807, 2.05) is 30.0 Å². The Labute approximate surface area is 146 Å². The highest BCUT2D eigenvalue weighted by atomic mass is 79.9. The second kappa shape index (κ2) is 8.18. The monoisotopic (exact) mass is 390 g/mol. The highest BCUT2D eigenvalue weighted by molar-refractivity contribution is 9.10. The Morgan fingerprint density at radius 2 is 2.23 bits per heavy atom. The third-order valence-corrected chi connectivity index (χ3v) is 4.68. The van der Waals surface area contributed by atoms with Crippen molar-refractivity contribution >= 4 is 34.2 Å². The highest BCUT2D eigenvalue weighted by Gasteiger charge is 2.34. The normalized spacial score (nSPS) is 20.6. The van der Waals surface area contributed by atoms with Gasteiger partial charge in [0.1, 0.15) is 5.75 Å². The van der Waals surface area contributed by atoms with Crippen LogP contribution in [-0.4, -0.2) is 37.0 Å². The summed E-state index contributed by atoms with van der Waals surface area (Å²) in [5, 5.41) is 0. The maximum atomic E-state index is 12.2. The van der Waals surface area contributed by atoms with Crippen LogP contribution in [0.2, 0.25) is 0 Å². The quantitative estimate of drug-likeness (QED) is 0.839. The molecule has 1 fully saturated rings. The number of nitrogens with zero attached hydrogens (tertiary/aromatic N) is 1. The van der Waals surface area contributed by atoms with E-state index in [4.69, 9.17) is 10.5 Å². The molecule has 22 heavy (non-hydrogen) atoms. The summed E-state index contributed by atoms with van der Waals surface area (Å²) in [6.07, 6.45) is 1.39. The number of aryl methyl sites for hydroxylation is 1. The van der Waals surface area contributed by atoms with Gasteiger partial charge in [0.25, 0.3) is 0 Å². The van der Waals surface area contributed by atoms with Crippen LogP contribution in [0, 0.1) is 12.3 Å². The number of amides is 1. The number of benzene rings is 1. The summed E-state index contributed by atoms with van der Waals surface area (Å²) in [6, 6.07) is 5.92. The summed E-state index contributed by atoms with van der Waals surface area (Å²) < 4.78 is 6.60. The Bertz CT molecular complexity index is 527. The van der Waals surface area contributed by atoms with Crippen molar-refractivity contribution in [1.82, 2.24) is 4.90 Å². The molecule has 0 aromatic heterocycles. The van der Waals surface area contributed by atoms with Gasteiger partial charge in [-0.3, -0.25) is 4.79 Å². The fourth-order valence-electron chi connectivity index (χ4n) is 2.53. The van der Waals surface area contributed by atoms with Crippen LogP contribution < -0.4 is 10.5 Å². The molecule has 2 rings (SSSR count). The molecule has 0 spiro atoms. The number of likely N-dealkylation sites (tertiary alicyclic amines) is 1.